The molecular weight excluding hydrogens is 499 g/mol. The van der Waals surface area contributed by atoms with Gasteiger partial charge in [-0.15, -0.1) is 0 Å². The van der Waals surface area contributed by atoms with Gasteiger partial charge in [0.1, 0.15) is 5.60 Å². The maximum absolute atomic E-state index is 14.6. The summed E-state index contributed by atoms with van der Waals surface area (Å²) in [6.45, 7) is 3.86. The van der Waals surface area contributed by atoms with E-state index in [9.17, 15) is 18.0 Å². The maximum atomic E-state index is 14.6. The Morgan fingerprint density at radius 1 is 1.05 bits per heavy atom. The molecule has 38 heavy (non-hydrogen) atoms. The molecule has 5 rings (SSSR count). The fraction of sp³-hybridized carbons (Fsp3) is 0.286. The smallest absolute Gasteiger partial charge is 0.335 e. The van der Waals surface area contributed by atoms with E-state index < -0.39 is 29.0 Å². The Labute approximate surface area is 217 Å². The fourth-order valence-corrected chi connectivity index (χ4v) is 4.77. The minimum absolute atomic E-state index is 0.0623. The molecule has 1 spiro atoms. The molecule has 2 aromatic carbocycles. The largest absolute Gasteiger partial charge is 0.478 e. The summed E-state index contributed by atoms with van der Waals surface area (Å²) in [4.78, 5) is 23.8. The first kappa shape index (κ1) is 25.7. The Morgan fingerprint density at radius 3 is 2.45 bits per heavy atom. The number of nitrogens with zero attached hydrogens (tertiary/aromatic N) is 2. The van der Waals surface area contributed by atoms with E-state index in [1.807, 2.05) is 13.0 Å². The van der Waals surface area contributed by atoms with Crippen molar-refractivity contribution in [3.8, 4) is 17.0 Å². The van der Waals surface area contributed by atoms with Crippen LogP contribution in [-0.2, 0) is 11.4 Å². The van der Waals surface area contributed by atoms with Crippen molar-refractivity contribution in [2.24, 2.45) is 0 Å². The van der Waals surface area contributed by atoms with Crippen molar-refractivity contribution in [3.63, 3.8) is 0 Å². The summed E-state index contributed by atoms with van der Waals surface area (Å²) in [5.41, 5.74) is 5.07. The van der Waals surface area contributed by atoms with Crippen LogP contribution in [0.4, 0.5) is 13.2 Å². The lowest BCUT2D eigenvalue weighted by molar-refractivity contribution is -0.0704. The summed E-state index contributed by atoms with van der Waals surface area (Å²) >= 11 is 0. The number of rotatable bonds is 7. The van der Waals surface area contributed by atoms with E-state index in [2.05, 4.69) is 15.4 Å². The second kappa shape index (κ2) is 10.5. The summed E-state index contributed by atoms with van der Waals surface area (Å²) in [5.74, 6) is -4.64. The third-order valence-corrected chi connectivity index (χ3v) is 6.86. The molecule has 2 aliphatic heterocycles. The Balaban J connectivity index is 1.33. The summed E-state index contributed by atoms with van der Waals surface area (Å²) in [6, 6.07) is 11.9. The van der Waals surface area contributed by atoms with Gasteiger partial charge in [0, 0.05) is 36.8 Å². The van der Waals surface area contributed by atoms with Gasteiger partial charge in [-0.25, -0.2) is 22.9 Å². The number of aromatic carboxylic acids is 1. The van der Waals surface area contributed by atoms with Crippen LogP contribution < -0.4 is 10.2 Å². The van der Waals surface area contributed by atoms with Gasteiger partial charge in [0.15, 0.2) is 17.5 Å². The van der Waals surface area contributed by atoms with Crippen molar-refractivity contribution in [2.45, 2.75) is 31.9 Å². The van der Waals surface area contributed by atoms with Crippen LogP contribution in [0.15, 0.2) is 54.6 Å². The van der Waals surface area contributed by atoms with Crippen LogP contribution >= 0.6 is 0 Å². The average molecular weight is 526 g/mol. The number of pyridine rings is 1. The molecule has 0 amide bonds. The van der Waals surface area contributed by atoms with Crippen LogP contribution in [0.25, 0.3) is 16.8 Å². The molecule has 7 nitrogen and oxygen atoms in total. The molecule has 0 atom stereocenters. The van der Waals surface area contributed by atoms with Gasteiger partial charge in [-0.1, -0.05) is 12.1 Å². The highest BCUT2D eigenvalue weighted by Crippen LogP contribution is 2.36. The van der Waals surface area contributed by atoms with E-state index in [-0.39, 0.29) is 11.1 Å². The van der Waals surface area contributed by atoms with Crippen LogP contribution in [0.1, 0.15) is 41.4 Å². The molecule has 1 aromatic heterocycles. The number of benzene rings is 2. The standard InChI is InChI=1S/C28H26F3N3O4/c1-2-37-24-10-8-19(20-7-9-21(29)26(31)25(20)30)23(32-24)16-34-13-11-28(12-14-34)15-22(33-38-28)17-3-5-18(6-4-17)27(35)36/h3-10,15,33H,2,11-14,16H2,1H3,(H,35,36). The number of hydrogen-bond donors (Lipinski definition) is 2. The average Bonchev–Trinajstić information content (AvgIpc) is 3.33. The number of carboxylic acid groups (broad SMARTS) is 1. The predicted molar refractivity (Wildman–Crippen MR) is 134 cm³/mol. The molecule has 0 aliphatic carbocycles. The van der Waals surface area contributed by atoms with E-state index in [1.54, 1.807) is 36.4 Å². The molecule has 3 aromatic rings. The molecule has 198 valence electrons. The molecule has 3 heterocycles. The topological polar surface area (TPSA) is 83.9 Å². The third kappa shape index (κ3) is 5.09. The number of halogens is 3. The van der Waals surface area contributed by atoms with E-state index >= 15 is 0 Å². The number of aromatic nitrogens is 1. The normalized spacial score (nSPS) is 16.8. The van der Waals surface area contributed by atoms with Crippen molar-refractivity contribution in [1.82, 2.24) is 15.4 Å². The minimum Gasteiger partial charge on any atom is -0.478 e. The van der Waals surface area contributed by atoms with Crippen molar-refractivity contribution < 1.29 is 32.6 Å². The molecule has 2 aliphatic rings. The van der Waals surface area contributed by atoms with E-state index in [4.69, 9.17) is 14.7 Å². The zero-order chi connectivity index (χ0) is 26.9. The van der Waals surface area contributed by atoms with E-state index in [0.29, 0.717) is 56.2 Å². The Kier molecular flexibility index (Phi) is 7.09. The second-order valence-corrected chi connectivity index (χ2v) is 9.29. The Hall–Kier alpha value is -3.89. The van der Waals surface area contributed by atoms with Gasteiger partial charge in [-0.2, -0.15) is 0 Å². The van der Waals surface area contributed by atoms with Gasteiger partial charge in [-0.05, 0) is 61.7 Å². The highest BCUT2D eigenvalue weighted by molar-refractivity contribution is 5.88. The van der Waals surface area contributed by atoms with Crippen molar-refractivity contribution in [3.05, 3.63) is 88.9 Å². The lowest BCUT2D eigenvalue weighted by Gasteiger charge is -2.36. The lowest BCUT2D eigenvalue weighted by atomic mass is 9.90. The minimum atomic E-state index is -1.52. The molecule has 2 N–H and O–H groups in total. The fourth-order valence-electron chi connectivity index (χ4n) is 4.77. The maximum Gasteiger partial charge on any atom is 0.335 e. The van der Waals surface area contributed by atoms with Crippen molar-refractivity contribution >= 4 is 11.7 Å². The van der Waals surface area contributed by atoms with Crippen LogP contribution in [-0.4, -0.2) is 46.3 Å². The first-order valence-corrected chi connectivity index (χ1v) is 12.3. The third-order valence-electron chi connectivity index (χ3n) is 6.86. The SMILES string of the molecule is CCOc1ccc(-c2ccc(F)c(F)c2F)c(CN2CCC3(C=C(c4ccc(C(=O)O)cc4)NO3)CC2)n1. The number of nitrogens with one attached hydrogen (secondary N) is 1. The zero-order valence-electron chi connectivity index (χ0n) is 20.6. The molecule has 0 radical (unpaired) electrons. The van der Waals surface area contributed by atoms with Crippen LogP contribution in [0.3, 0.4) is 0 Å². The van der Waals surface area contributed by atoms with Crippen LogP contribution in [0.2, 0.25) is 0 Å². The summed E-state index contributed by atoms with van der Waals surface area (Å²) < 4.78 is 47.7. The predicted octanol–water partition coefficient (Wildman–Crippen LogP) is 5.17. The Morgan fingerprint density at radius 2 is 1.76 bits per heavy atom. The van der Waals surface area contributed by atoms with E-state index in [1.165, 1.54) is 6.07 Å². The first-order valence-electron chi connectivity index (χ1n) is 12.3. The van der Waals surface area contributed by atoms with E-state index in [0.717, 1.165) is 17.3 Å². The van der Waals surface area contributed by atoms with Crippen molar-refractivity contribution in [2.75, 3.05) is 19.7 Å². The molecule has 0 bridgehead atoms. The van der Waals surface area contributed by atoms with Crippen LogP contribution in [0.5, 0.6) is 5.88 Å². The second-order valence-electron chi connectivity index (χ2n) is 9.29. The van der Waals surface area contributed by atoms with Gasteiger partial charge >= 0.3 is 5.97 Å². The highest BCUT2D eigenvalue weighted by Gasteiger charge is 2.39. The molecule has 1 fully saturated rings. The number of ether oxygens (including phenoxy) is 1. The number of carbonyl (C=O) groups is 1. The number of hydroxylamine groups is 1. The number of likely N-dealkylation sites (tertiary alicyclic amines) is 1. The molecule has 1 saturated heterocycles. The zero-order valence-corrected chi connectivity index (χ0v) is 20.6. The lowest BCUT2D eigenvalue weighted by Crippen LogP contribution is -2.44. The number of carboxylic acids is 1. The molecule has 0 saturated carbocycles. The first-order chi connectivity index (χ1) is 18.3. The van der Waals surface area contributed by atoms with Gasteiger partial charge < -0.3 is 9.84 Å². The quantitative estimate of drug-likeness (QED) is 0.412. The van der Waals surface area contributed by atoms with Crippen molar-refractivity contribution in [1.29, 1.82) is 0 Å². The summed E-state index contributed by atoms with van der Waals surface area (Å²) in [6.07, 6.45) is 3.35. The van der Waals surface area contributed by atoms with Gasteiger partial charge in [0.2, 0.25) is 5.88 Å². The van der Waals surface area contributed by atoms with Gasteiger partial charge in [0.25, 0.3) is 0 Å². The molecule has 0 unspecified atom stereocenters. The highest BCUT2D eigenvalue weighted by atomic mass is 19.2. The Bertz CT molecular complexity index is 1390. The van der Waals surface area contributed by atoms with Crippen LogP contribution in [0, 0.1) is 17.5 Å². The monoisotopic (exact) mass is 525 g/mol. The summed E-state index contributed by atoms with van der Waals surface area (Å²) in [7, 11) is 0. The molecule has 10 heteroatoms. The number of hydrogen-bond acceptors (Lipinski definition) is 6. The summed E-state index contributed by atoms with van der Waals surface area (Å²) in [5, 5.41) is 9.11. The van der Waals surface area contributed by atoms with Gasteiger partial charge in [-0.3, -0.25) is 15.2 Å². The number of piperidine rings is 1. The molecular formula is C28H26F3N3O4. The van der Waals surface area contributed by atoms with Gasteiger partial charge in [0.05, 0.1) is 23.6 Å².